The molecule has 0 fully saturated rings. The van der Waals surface area contributed by atoms with Crippen LogP contribution in [-0.4, -0.2) is 9.13 Å². The highest BCUT2D eigenvalue weighted by molar-refractivity contribution is 7.54. The van der Waals surface area contributed by atoms with Crippen molar-refractivity contribution < 1.29 is 9.13 Å². The van der Waals surface area contributed by atoms with Crippen LogP contribution in [0, 0.1) is 10.1 Å². The van der Waals surface area contributed by atoms with Gasteiger partial charge in [-0.25, -0.2) is 0 Å². The molecule has 0 saturated heterocycles. The number of nitrogens with zero attached hydrogens (tertiary/aromatic N) is 2. The van der Waals surface area contributed by atoms with Gasteiger partial charge < -0.3 is 0 Å². The number of nitro benzene ring substituents is 1. The molecule has 13 heavy (non-hydrogen) atoms. The average Bonchev–Trinajstić information content (AvgIpc) is 2.15. The minimum absolute atomic E-state index is 0.0418. The monoisotopic (exact) mass is 199 g/mol. The van der Waals surface area contributed by atoms with Crippen LogP contribution in [0.2, 0.25) is 0 Å². The summed E-state index contributed by atoms with van der Waals surface area (Å²) >= 11 is -0.0418. The van der Waals surface area contributed by atoms with Crippen LogP contribution in [0.3, 0.4) is 0 Å². The van der Waals surface area contributed by atoms with E-state index in [0.717, 1.165) is 0 Å². The maximum Gasteiger partial charge on any atom is 0.294 e. The molecule has 0 spiro atoms. The van der Waals surface area contributed by atoms with E-state index in [0.29, 0.717) is 0 Å². The standard InChI is InChI=1S/C6H5N3O3S/c10-9(11)6-4-2-1-3-5(6)7-8-13-12/h1-4,7H. The van der Waals surface area contributed by atoms with Gasteiger partial charge in [-0.3, -0.25) is 15.5 Å². The molecular formula is C6H5N3O3S. The second kappa shape index (κ2) is 4.31. The lowest BCUT2D eigenvalue weighted by atomic mass is 10.3. The predicted octanol–water partition coefficient (Wildman–Crippen LogP) is 1.32. The lowest BCUT2D eigenvalue weighted by Crippen LogP contribution is -1.94. The molecule has 1 aromatic rings. The quantitative estimate of drug-likeness (QED) is 0.587. The van der Waals surface area contributed by atoms with E-state index in [1.54, 1.807) is 6.07 Å². The van der Waals surface area contributed by atoms with Crippen molar-refractivity contribution >= 4 is 22.8 Å². The molecule has 1 aromatic carbocycles. The highest BCUT2D eigenvalue weighted by atomic mass is 32.1. The minimum atomic E-state index is -0.548. The Morgan fingerprint density at radius 3 is 2.77 bits per heavy atom. The van der Waals surface area contributed by atoms with E-state index in [1.807, 2.05) is 0 Å². The molecule has 0 aromatic heterocycles. The Morgan fingerprint density at radius 2 is 2.15 bits per heavy atom. The van der Waals surface area contributed by atoms with Crippen LogP contribution in [0.5, 0.6) is 0 Å². The number of para-hydroxylation sites is 2. The van der Waals surface area contributed by atoms with E-state index in [9.17, 15) is 14.3 Å². The Kier molecular flexibility index (Phi) is 3.09. The fraction of sp³-hybridized carbons (Fsp3) is 0. The second-order valence-electron chi connectivity index (χ2n) is 2.05. The summed E-state index contributed by atoms with van der Waals surface area (Å²) in [6.45, 7) is 0. The van der Waals surface area contributed by atoms with Crippen LogP contribution in [0.25, 0.3) is 0 Å². The van der Waals surface area contributed by atoms with Gasteiger partial charge in [-0.2, -0.15) is 4.21 Å². The smallest absolute Gasteiger partial charge is 0.258 e. The van der Waals surface area contributed by atoms with E-state index in [4.69, 9.17) is 0 Å². The van der Waals surface area contributed by atoms with Gasteiger partial charge in [0.1, 0.15) is 5.69 Å². The highest BCUT2D eigenvalue weighted by Gasteiger charge is 2.10. The van der Waals surface area contributed by atoms with Crippen molar-refractivity contribution in [2.24, 2.45) is 4.47 Å². The third kappa shape index (κ3) is 2.34. The Balaban J connectivity index is 3.04. The molecule has 0 saturated carbocycles. The second-order valence-corrected chi connectivity index (χ2v) is 2.38. The zero-order valence-corrected chi connectivity index (χ0v) is 7.15. The summed E-state index contributed by atoms with van der Waals surface area (Å²) in [6, 6.07) is 5.94. The number of hydrogen-bond acceptors (Lipinski definition) is 4. The SMILES string of the molecule is O=S=NNc1ccccc1[N+](=O)[O-]. The van der Waals surface area contributed by atoms with E-state index in [1.165, 1.54) is 18.2 Å². The molecule has 1 N–H and O–H groups in total. The van der Waals surface area contributed by atoms with Gasteiger partial charge in [0.25, 0.3) is 5.69 Å². The molecule has 68 valence electrons. The van der Waals surface area contributed by atoms with Crippen LogP contribution in [0.1, 0.15) is 0 Å². The topological polar surface area (TPSA) is 84.6 Å². The lowest BCUT2D eigenvalue weighted by molar-refractivity contribution is -0.384. The highest BCUT2D eigenvalue weighted by Crippen LogP contribution is 2.22. The number of nitrogens with one attached hydrogen (secondary N) is 1. The summed E-state index contributed by atoms with van der Waals surface area (Å²) < 4.78 is 13.1. The van der Waals surface area contributed by atoms with Crippen molar-refractivity contribution in [1.29, 1.82) is 0 Å². The molecule has 0 aliphatic heterocycles. The summed E-state index contributed by atoms with van der Waals surface area (Å²) in [6.07, 6.45) is 0. The molecule has 0 amide bonds. The average molecular weight is 199 g/mol. The van der Waals surface area contributed by atoms with Crippen LogP contribution in [-0.2, 0) is 11.5 Å². The van der Waals surface area contributed by atoms with E-state index >= 15 is 0 Å². The Morgan fingerprint density at radius 1 is 1.46 bits per heavy atom. The zero-order valence-electron chi connectivity index (χ0n) is 6.34. The van der Waals surface area contributed by atoms with Crippen LogP contribution in [0.15, 0.2) is 28.7 Å². The van der Waals surface area contributed by atoms with Crippen molar-refractivity contribution in [3.8, 4) is 0 Å². The van der Waals surface area contributed by atoms with Crippen LogP contribution in [0.4, 0.5) is 11.4 Å². The van der Waals surface area contributed by atoms with E-state index in [2.05, 4.69) is 9.90 Å². The Labute approximate surface area is 76.9 Å². The van der Waals surface area contributed by atoms with Gasteiger partial charge in [-0.05, 0) is 6.07 Å². The maximum absolute atomic E-state index is 10.4. The van der Waals surface area contributed by atoms with Crippen molar-refractivity contribution in [2.75, 3.05) is 5.43 Å². The fourth-order valence-electron chi connectivity index (χ4n) is 0.795. The molecule has 7 heteroatoms. The van der Waals surface area contributed by atoms with Crippen molar-refractivity contribution in [2.45, 2.75) is 0 Å². The van der Waals surface area contributed by atoms with Gasteiger partial charge >= 0.3 is 0 Å². The molecule has 0 aliphatic carbocycles. The Hall–Kier alpha value is -1.76. The molecule has 0 unspecified atom stereocenters. The molecule has 0 bridgehead atoms. The zero-order chi connectivity index (χ0) is 9.68. The molecule has 1 rings (SSSR count). The third-order valence-corrected chi connectivity index (χ3v) is 1.47. The normalized spacial score (nSPS) is 8.92. The molecule has 0 radical (unpaired) electrons. The molecule has 0 atom stereocenters. The fourth-order valence-corrected chi connectivity index (χ4v) is 0.931. The molecule has 6 nitrogen and oxygen atoms in total. The first-order chi connectivity index (χ1) is 6.25. The maximum atomic E-state index is 10.4. The van der Waals surface area contributed by atoms with Gasteiger partial charge in [0.15, 0.2) is 0 Å². The summed E-state index contributed by atoms with van der Waals surface area (Å²) in [4.78, 5) is 9.88. The van der Waals surface area contributed by atoms with E-state index in [-0.39, 0.29) is 22.8 Å². The van der Waals surface area contributed by atoms with E-state index < -0.39 is 4.92 Å². The van der Waals surface area contributed by atoms with Gasteiger partial charge in [0, 0.05) is 6.07 Å². The number of nitro groups is 1. The lowest BCUT2D eigenvalue weighted by Gasteiger charge is -1.98. The van der Waals surface area contributed by atoms with Gasteiger partial charge in [0.05, 0.1) is 4.92 Å². The number of benzene rings is 1. The molecule has 0 heterocycles. The van der Waals surface area contributed by atoms with Gasteiger partial charge in [-0.15, -0.1) is 0 Å². The summed E-state index contributed by atoms with van der Waals surface area (Å²) in [7, 11) is 0. The molecular weight excluding hydrogens is 194 g/mol. The van der Waals surface area contributed by atoms with Crippen LogP contribution >= 0.6 is 0 Å². The first kappa shape index (κ1) is 9.33. The van der Waals surface area contributed by atoms with Crippen LogP contribution < -0.4 is 5.43 Å². The predicted molar refractivity (Wildman–Crippen MR) is 47.3 cm³/mol. The Bertz CT molecular complexity index is 375. The van der Waals surface area contributed by atoms with Crippen molar-refractivity contribution in [3.05, 3.63) is 34.4 Å². The number of rotatable bonds is 3. The number of hydrogen-bond donors (Lipinski definition) is 1. The summed E-state index contributed by atoms with van der Waals surface area (Å²) in [5.41, 5.74) is 2.37. The first-order valence-electron chi connectivity index (χ1n) is 3.24. The number of anilines is 1. The first-order valence-corrected chi connectivity index (χ1v) is 3.94. The van der Waals surface area contributed by atoms with Crippen molar-refractivity contribution in [1.82, 2.24) is 0 Å². The largest absolute Gasteiger partial charge is 0.294 e. The summed E-state index contributed by atoms with van der Waals surface area (Å²) in [5, 5.41) is 10.4. The van der Waals surface area contributed by atoms with Gasteiger partial charge in [0.2, 0.25) is 11.5 Å². The minimum Gasteiger partial charge on any atom is -0.258 e. The third-order valence-electron chi connectivity index (χ3n) is 1.30. The molecule has 0 aliphatic rings. The summed E-state index contributed by atoms with van der Waals surface area (Å²) in [5.74, 6) is 0. The van der Waals surface area contributed by atoms with Gasteiger partial charge in [-0.1, -0.05) is 16.6 Å². The van der Waals surface area contributed by atoms with Crippen molar-refractivity contribution in [3.63, 3.8) is 0 Å².